The normalized spacial score (nSPS) is 11.6. The predicted octanol–water partition coefficient (Wildman–Crippen LogP) is 0.142. The Morgan fingerprint density at radius 1 is 1.58 bits per heavy atom. The molecular weight excluding hydrogens is 176 g/mol. The Hall–Kier alpha value is -1.27. The highest BCUT2D eigenvalue weighted by Gasteiger charge is 2.00. The number of rotatable bonds is 2. The largest absolute Gasteiger partial charge is 0.409 e. The van der Waals surface area contributed by atoms with Crippen LogP contribution in [0.25, 0.3) is 0 Å². The molecule has 0 atom stereocenters. The Balaban J connectivity index is 3.02. The van der Waals surface area contributed by atoms with Gasteiger partial charge in [0.1, 0.15) is 0 Å². The summed E-state index contributed by atoms with van der Waals surface area (Å²) < 4.78 is 0. The van der Waals surface area contributed by atoms with E-state index in [1.54, 1.807) is 12.3 Å². The molecular formula is C6H8N4OS. The molecule has 0 aromatic carbocycles. The number of oxime groups is 1. The molecule has 12 heavy (non-hydrogen) atoms. The fraction of sp³-hybridized carbons (Fsp3) is 0. The van der Waals surface area contributed by atoms with Crippen LogP contribution in [0.3, 0.4) is 0 Å². The Kier molecular flexibility index (Phi) is 2.89. The summed E-state index contributed by atoms with van der Waals surface area (Å²) in [6.45, 7) is 0. The summed E-state index contributed by atoms with van der Waals surface area (Å²) in [5.41, 5.74) is 5.88. The monoisotopic (exact) mass is 184 g/mol. The SMILES string of the molecule is NSc1cncc(/C(N)=N\O)c1. The summed E-state index contributed by atoms with van der Waals surface area (Å²) in [5.74, 6) is 0.0263. The van der Waals surface area contributed by atoms with Gasteiger partial charge in [-0.2, -0.15) is 0 Å². The summed E-state index contributed by atoms with van der Waals surface area (Å²) in [5, 5.41) is 16.5. The van der Waals surface area contributed by atoms with Gasteiger partial charge in [0.25, 0.3) is 0 Å². The highest BCUT2D eigenvalue weighted by Crippen LogP contribution is 2.10. The maximum absolute atomic E-state index is 8.35. The summed E-state index contributed by atoms with van der Waals surface area (Å²) >= 11 is 1.06. The zero-order chi connectivity index (χ0) is 8.97. The van der Waals surface area contributed by atoms with E-state index in [1.807, 2.05) is 0 Å². The average molecular weight is 184 g/mol. The van der Waals surface area contributed by atoms with Crippen LogP contribution in [0.4, 0.5) is 0 Å². The van der Waals surface area contributed by atoms with E-state index in [2.05, 4.69) is 10.1 Å². The van der Waals surface area contributed by atoms with Crippen molar-refractivity contribution in [2.24, 2.45) is 16.0 Å². The molecule has 0 aliphatic heterocycles. The fourth-order valence-electron chi connectivity index (χ4n) is 0.681. The van der Waals surface area contributed by atoms with Gasteiger partial charge in [-0.05, 0) is 18.0 Å². The van der Waals surface area contributed by atoms with Crippen molar-refractivity contribution < 1.29 is 5.21 Å². The second-order valence-electron chi connectivity index (χ2n) is 2.01. The Labute approximate surface area is 73.6 Å². The zero-order valence-electron chi connectivity index (χ0n) is 6.14. The summed E-state index contributed by atoms with van der Waals surface area (Å²) in [7, 11) is 0. The topological polar surface area (TPSA) is 97.5 Å². The molecule has 0 bridgehead atoms. The van der Waals surface area contributed by atoms with Gasteiger partial charge in [0, 0.05) is 22.9 Å². The first-order valence-electron chi connectivity index (χ1n) is 3.07. The van der Waals surface area contributed by atoms with Gasteiger partial charge >= 0.3 is 0 Å². The zero-order valence-corrected chi connectivity index (χ0v) is 6.95. The second-order valence-corrected chi connectivity index (χ2v) is 2.72. The third-order valence-corrected chi connectivity index (χ3v) is 1.75. The van der Waals surface area contributed by atoms with Crippen molar-refractivity contribution in [3.05, 3.63) is 24.0 Å². The molecule has 5 N–H and O–H groups in total. The van der Waals surface area contributed by atoms with Crippen molar-refractivity contribution in [3.63, 3.8) is 0 Å². The van der Waals surface area contributed by atoms with Crippen molar-refractivity contribution in [2.45, 2.75) is 4.90 Å². The summed E-state index contributed by atoms with van der Waals surface area (Å²) in [6.07, 6.45) is 3.09. The van der Waals surface area contributed by atoms with Crippen LogP contribution in [0.15, 0.2) is 28.5 Å². The Bertz CT molecular complexity index is 301. The molecule has 1 aromatic heterocycles. The van der Waals surface area contributed by atoms with Crippen LogP contribution < -0.4 is 10.9 Å². The Morgan fingerprint density at radius 2 is 2.33 bits per heavy atom. The van der Waals surface area contributed by atoms with E-state index in [-0.39, 0.29) is 5.84 Å². The fourth-order valence-corrected chi connectivity index (χ4v) is 0.998. The van der Waals surface area contributed by atoms with Gasteiger partial charge in [0.05, 0.1) is 0 Å². The lowest BCUT2D eigenvalue weighted by Gasteiger charge is -1.98. The number of pyridine rings is 1. The number of aromatic nitrogens is 1. The molecule has 0 saturated carbocycles. The van der Waals surface area contributed by atoms with Crippen LogP contribution in [-0.2, 0) is 0 Å². The molecule has 0 aliphatic rings. The van der Waals surface area contributed by atoms with Crippen molar-refractivity contribution >= 4 is 17.8 Å². The van der Waals surface area contributed by atoms with E-state index in [9.17, 15) is 0 Å². The van der Waals surface area contributed by atoms with E-state index < -0.39 is 0 Å². The van der Waals surface area contributed by atoms with Crippen molar-refractivity contribution in [1.29, 1.82) is 0 Å². The molecule has 0 radical (unpaired) electrons. The molecule has 6 heteroatoms. The van der Waals surface area contributed by atoms with Crippen molar-refractivity contribution in [3.8, 4) is 0 Å². The molecule has 0 saturated heterocycles. The summed E-state index contributed by atoms with van der Waals surface area (Å²) in [6, 6.07) is 1.69. The molecule has 1 heterocycles. The molecule has 5 nitrogen and oxygen atoms in total. The highest BCUT2D eigenvalue weighted by molar-refractivity contribution is 7.97. The predicted molar refractivity (Wildman–Crippen MR) is 46.8 cm³/mol. The van der Waals surface area contributed by atoms with Crippen LogP contribution in [-0.4, -0.2) is 16.0 Å². The molecule has 1 rings (SSSR count). The average Bonchev–Trinajstić information content (AvgIpc) is 2.17. The van der Waals surface area contributed by atoms with E-state index in [0.29, 0.717) is 5.56 Å². The third kappa shape index (κ3) is 1.86. The van der Waals surface area contributed by atoms with E-state index >= 15 is 0 Å². The molecule has 64 valence electrons. The highest BCUT2D eigenvalue weighted by atomic mass is 32.2. The van der Waals surface area contributed by atoms with Gasteiger partial charge in [-0.3, -0.25) is 10.1 Å². The lowest BCUT2D eigenvalue weighted by Crippen LogP contribution is -2.13. The molecule has 0 aliphatic carbocycles. The van der Waals surface area contributed by atoms with Gasteiger partial charge in [0.15, 0.2) is 5.84 Å². The minimum Gasteiger partial charge on any atom is -0.409 e. The molecule has 1 aromatic rings. The van der Waals surface area contributed by atoms with Gasteiger partial charge in [-0.15, -0.1) is 0 Å². The lowest BCUT2D eigenvalue weighted by atomic mass is 10.3. The molecule has 0 unspecified atom stereocenters. The van der Waals surface area contributed by atoms with Crippen molar-refractivity contribution in [2.75, 3.05) is 0 Å². The summed E-state index contributed by atoms with van der Waals surface area (Å²) in [4.78, 5) is 4.61. The van der Waals surface area contributed by atoms with Gasteiger partial charge in [-0.1, -0.05) is 5.16 Å². The number of hydrogen-bond donors (Lipinski definition) is 3. The number of amidine groups is 1. The minimum absolute atomic E-state index is 0.0263. The first kappa shape index (κ1) is 8.82. The van der Waals surface area contributed by atoms with Gasteiger partial charge in [-0.25, -0.2) is 0 Å². The Morgan fingerprint density at radius 3 is 2.92 bits per heavy atom. The van der Waals surface area contributed by atoms with E-state index in [1.165, 1.54) is 6.20 Å². The third-order valence-electron chi connectivity index (χ3n) is 1.25. The van der Waals surface area contributed by atoms with Crippen LogP contribution in [0.1, 0.15) is 5.56 Å². The standard InChI is InChI=1S/C6H8N4OS/c7-6(10-11)4-1-5(12-8)3-9-2-4/h1-3,11H,8H2,(H2,7,10). The van der Waals surface area contributed by atoms with Crippen molar-refractivity contribution in [1.82, 2.24) is 4.98 Å². The maximum atomic E-state index is 8.35. The minimum atomic E-state index is 0.0263. The smallest absolute Gasteiger partial charge is 0.171 e. The first-order valence-corrected chi connectivity index (χ1v) is 3.95. The number of nitrogens with zero attached hydrogens (tertiary/aromatic N) is 2. The maximum Gasteiger partial charge on any atom is 0.171 e. The van der Waals surface area contributed by atoms with Crippen LogP contribution in [0.5, 0.6) is 0 Å². The molecule has 0 amide bonds. The quantitative estimate of drug-likeness (QED) is 0.200. The van der Waals surface area contributed by atoms with E-state index in [4.69, 9.17) is 16.1 Å². The molecule has 0 fully saturated rings. The van der Waals surface area contributed by atoms with Gasteiger partial charge in [0.2, 0.25) is 0 Å². The first-order chi connectivity index (χ1) is 5.77. The molecule has 0 spiro atoms. The second kappa shape index (κ2) is 3.93. The number of nitrogens with two attached hydrogens (primary N) is 2. The number of hydrogen-bond acceptors (Lipinski definition) is 5. The lowest BCUT2D eigenvalue weighted by molar-refractivity contribution is 0.318. The van der Waals surface area contributed by atoms with Crippen LogP contribution >= 0.6 is 11.9 Å². The van der Waals surface area contributed by atoms with Crippen LogP contribution in [0.2, 0.25) is 0 Å². The van der Waals surface area contributed by atoms with E-state index in [0.717, 1.165) is 16.8 Å². The van der Waals surface area contributed by atoms with Crippen LogP contribution in [0, 0.1) is 0 Å². The van der Waals surface area contributed by atoms with Gasteiger partial charge < -0.3 is 10.9 Å².